The van der Waals surface area contributed by atoms with Crippen LogP contribution in [0.3, 0.4) is 0 Å². The second-order valence-corrected chi connectivity index (χ2v) is 4.05. The van der Waals surface area contributed by atoms with Gasteiger partial charge in [0, 0.05) is 34.2 Å². The van der Waals surface area contributed by atoms with Crippen molar-refractivity contribution >= 4 is 17.4 Å². The summed E-state index contributed by atoms with van der Waals surface area (Å²) >= 11 is 4.80. The van der Waals surface area contributed by atoms with Crippen LogP contribution in [0.25, 0.3) is 0 Å². The minimum atomic E-state index is 0. The summed E-state index contributed by atoms with van der Waals surface area (Å²) in [6.45, 7) is 6.18. The molecule has 4 heteroatoms. The third-order valence-corrected chi connectivity index (χ3v) is 2.59. The predicted molar refractivity (Wildman–Crippen MR) is 65.8 cm³/mol. The van der Waals surface area contributed by atoms with Gasteiger partial charge in [0.05, 0.1) is 0 Å². The van der Waals surface area contributed by atoms with Gasteiger partial charge in [-0.15, -0.1) is 0 Å². The fraction of sp³-hybridized carbons (Fsp3) is 0.909. The summed E-state index contributed by atoms with van der Waals surface area (Å²) < 4.78 is 0. The average Bonchev–Trinajstić information content (AvgIpc) is 2.15. The van der Waals surface area contributed by atoms with Crippen molar-refractivity contribution in [2.45, 2.75) is 52.4 Å². The van der Waals surface area contributed by atoms with Gasteiger partial charge in [-0.1, -0.05) is 39.5 Å². The largest absolute Gasteiger partial charge is 0.487 e. The van der Waals surface area contributed by atoms with Crippen molar-refractivity contribution in [2.24, 2.45) is 0 Å². The van der Waals surface area contributed by atoms with E-state index in [0.29, 0.717) is 0 Å². The molecule has 0 fully saturated rings. The van der Waals surface area contributed by atoms with Crippen LogP contribution in [0, 0.1) is 0 Å². The number of nitrogens with zero attached hydrogens (tertiary/aromatic N) is 1. The molecule has 0 aliphatic rings. The van der Waals surface area contributed by atoms with Crippen LogP contribution in [0.4, 0.5) is 0 Å². The van der Waals surface area contributed by atoms with E-state index in [-0.39, 0.29) is 26.2 Å². The molecule has 0 atom stereocenters. The van der Waals surface area contributed by atoms with Crippen LogP contribution >= 0.6 is 12.2 Å². The molecule has 0 rings (SSSR count). The van der Waals surface area contributed by atoms with Crippen molar-refractivity contribution in [3.8, 4) is 0 Å². The van der Waals surface area contributed by atoms with E-state index in [1.165, 1.54) is 25.7 Å². The summed E-state index contributed by atoms with van der Waals surface area (Å²) in [4.78, 5) is 1.92. The van der Waals surface area contributed by atoms with Crippen LogP contribution in [-0.2, 0) is 21.1 Å². The summed E-state index contributed by atoms with van der Waals surface area (Å²) in [5.41, 5.74) is 0. The molecular formula is C11H23MoNOS. The predicted octanol–water partition coefficient (Wildman–Crippen LogP) is 3.51. The van der Waals surface area contributed by atoms with E-state index in [1.54, 1.807) is 0 Å². The van der Waals surface area contributed by atoms with Crippen molar-refractivity contribution in [3.05, 3.63) is 0 Å². The van der Waals surface area contributed by atoms with E-state index >= 15 is 0 Å². The molecule has 0 heterocycles. The van der Waals surface area contributed by atoms with Gasteiger partial charge in [-0.05, 0) is 25.1 Å². The van der Waals surface area contributed by atoms with Crippen LogP contribution in [0.2, 0.25) is 0 Å². The number of unbranched alkanes of at least 4 members (excludes halogenated alkanes) is 4. The van der Waals surface area contributed by atoms with E-state index < -0.39 is 0 Å². The second-order valence-electron chi connectivity index (χ2n) is 3.68. The van der Waals surface area contributed by atoms with E-state index in [4.69, 9.17) is 12.2 Å². The van der Waals surface area contributed by atoms with E-state index in [9.17, 15) is 5.11 Å². The third kappa shape index (κ3) is 10.7. The van der Waals surface area contributed by atoms with E-state index in [2.05, 4.69) is 13.8 Å². The average molecular weight is 313 g/mol. The fourth-order valence-electron chi connectivity index (χ4n) is 1.41. The van der Waals surface area contributed by atoms with Crippen molar-refractivity contribution in [1.82, 2.24) is 4.90 Å². The Bertz CT molecular complexity index is 146. The Balaban J connectivity index is 0. The molecule has 0 spiro atoms. The van der Waals surface area contributed by atoms with E-state index in [1.807, 2.05) is 4.90 Å². The van der Waals surface area contributed by atoms with E-state index in [0.717, 1.165) is 25.9 Å². The smallest absolute Gasteiger partial charge is 0.256 e. The molecule has 1 N–H and O–H groups in total. The molecule has 0 amide bonds. The monoisotopic (exact) mass is 315 g/mol. The minimum Gasteiger partial charge on any atom is -0.487 e. The van der Waals surface area contributed by atoms with Gasteiger partial charge >= 0.3 is 0 Å². The summed E-state index contributed by atoms with van der Waals surface area (Å²) in [7, 11) is 0. The van der Waals surface area contributed by atoms with Crippen LogP contribution < -0.4 is 0 Å². The molecule has 0 bridgehead atoms. The van der Waals surface area contributed by atoms with Gasteiger partial charge in [-0.2, -0.15) is 0 Å². The first-order chi connectivity index (χ1) is 6.72. The van der Waals surface area contributed by atoms with Gasteiger partial charge in [-0.3, -0.25) is 0 Å². The summed E-state index contributed by atoms with van der Waals surface area (Å²) in [6.07, 6.45) is 7.11. The minimum absolute atomic E-state index is 0. The first kappa shape index (κ1) is 17.8. The van der Waals surface area contributed by atoms with Gasteiger partial charge < -0.3 is 10.0 Å². The standard InChI is InChI=1S/C11H23NOS.Mo/c1-3-5-7-9-12(11(13)14)10-8-6-4-2;/h3-10H2,1-2H3,(H,13,14);. The Kier molecular flexibility index (Phi) is 14.7. The Morgan fingerprint density at radius 2 is 1.40 bits per heavy atom. The summed E-state index contributed by atoms with van der Waals surface area (Å²) in [5, 5.41) is 9.34. The number of aliphatic hydroxyl groups excluding tert-OH is 1. The van der Waals surface area contributed by atoms with Crippen LogP contribution in [0.15, 0.2) is 0 Å². The van der Waals surface area contributed by atoms with Gasteiger partial charge in [0.1, 0.15) is 0 Å². The maximum atomic E-state index is 9.27. The van der Waals surface area contributed by atoms with Crippen molar-refractivity contribution in [1.29, 1.82) is 0 Å². The molecule has 2 nitrogen and oxygen atoms in total. The second kappa shape index (κ2) is 12.4. The van der Waals surface area contributed by atoms with Gasteiger partial charge in [0.25, 0.3) is 5.17 Å². The Morgan fingerprint density at radius 3 is 1.67 bits per heavy atom. The summed E-state index contributed by atoms with van der Waals surface area (Å²) in [5.74, 6) is 0. The molecule has 0 aliphatic heterocycles. The molecular weight excluding hydrogens is 290 g/mol. The van der Waals surface area contributed by atoms with Gasteiger partial charge in [0.15, 0.2) is 0 Å². The molecule has 0 radical (unpaired) electrons. The van der Waals surface area contributed by atoms with Crippen molar-refractivity contribution in [3.63, 3.8) is 0 Å². The molecule has 15 heavy (non-hydrogen) atoms. The first-order valence-electron chi connectivity index (χ1n) is 5.70. The molecule has 0 unspecified atom stereocenters. The Labute approximate surface area is 114 Å². The number of rotatable bonds is 8. The number of hydrogen-bond acceptors (Lipinski definition) is 1. The first-order valence-corrected chi connectivity index (χ1v) is 6.11. The Hall–Kier alpha value is 0.378. The van der Waals surface area contributed by atoms with Crippen LogP contribution in [-0.4, -0.2) is 28.3 Å². The third-order valence-electron chi connectivity index (χ3n) is 2.33. The van der Waals surface area contributed by atoms with Crippen LogP contribution in [0.1, 0.15) is 52.4 Å². The molecule has 0 saturated heterocycles. The maximum absolute atomic E-state index is 9.27. The molecule has 0 aliphatic carbocycles. The molecule has 0 aromatic rings. The number of hydrogen-bond donors (Lipinski definition) is 1. The SMILES string of the molecule is CCCCCN(CCCCC)C(O)=S.[Mo]. The summed E-state index contributed by atoms with van der Waals surface area (Å²) in [6, 6.07) is 0. The number of aliphatic hydroxyl groups is 1. The molecule has 0 aromatic heterocycles. The van der Waals surface area contributed by atoms with Crippen LogP contribution in [0.5, 0.6) is 0 Å². The van der Waals surface area contributed by atoms with Gasteiger partial charge in [0.2, 0.25) is 0 Å². The number of thiocarbonyl (C=S) groups is 1. The zero-order valence-electron chi connectivity index (χ0n) is 9.87. The van der Waals surface area contributed by atoms with Gasteiger partial charge in [-0.25, -0.2) is 0 Å². The fourth-order valence-corrected chi connectivity index (χ4v) is 1.59. The molecule has 0 saturated carbocycles. The zero-order valence-corrected chi connectivity index (χ0v) is 12.7. The zero-order chi connectivity index (χ0) is 10.8. The Morgan fingerprint density at radius 1 is 1.00 bits per heavy atom. The maximum Gasteiger partial charge on any atom is 0.256 e. The topological polar surface area (TPSA) is 23.5 Å². The normalized spacial score (nSPS) is 9.47. The molecule has 0 aromatic carbocycles. The van der Waals surface area contributed by atoms with Crippen molar-refractivity contribution in [2.75, 3.05) is 13.1 Å². The molecule has 90 valence electrons. The quantitative estimate of drug-likeness (QED) is 0.421. The van der Waals surface area contributed by atoms with Crippen molar-refractivity contribution < 1.29 is 26.2 Å².